The van der Waals surface area contributed by atoms with Gasteiger partial charge < -0.3 is 16.0 Å². The van der Waals surface area contributed by atoms with Crippen molar-refractivity contribution in [2.45, 2.75) is 32.6 Å². The first-order chi connectivity index (χ1) is 7.76. The van der Waals surface area contributed by atoms with Gasteiger partial charge in [0, 0.05) is 13.0 Å². The molecule has 1 amide bonds. The van der Waals surface area contributed by atoms with Crippen LogP contribution in [0.3, 0.4) is 0 Å². The molecule has 16 heavy (non-hydrogen) atoms. The minimum Gasteiger partial charge on any atom is -0.356 e. The van der Waals surface area contributed by atoms with E-state index in [9.17, 15) is 4.79 Å². The second-order valence-corrected chi connectivity index (χ2v) is 4.57. The summed E-state index contributed by atoms with van der Waals surface area (Å²) in [5, 5.41) is 3.01. The van der Waals surface area contributed by atoms with Gasteiger partial charge in [-0.25, -0.2) is 0 Å². The summed E-state index contributed by atoms with van der Waals surface area (Å²) in [7, 11) is 0. The molecule has 0 aromatic rings. The van der Waals surface area contributed by atoms with E-state index >= 15 is 0 Å². The van der Waals surface area contributed by atoms with Gasteiger partial charge in [0.2, 0.25) is 5.91 Å². The SMILES string of the molecule is CCN1CCC(CNC(=O)CCCN)CC1. The van der Waals surface area contributed by atoms with E-state index in [-0.39, 0.29) is 5.91 Å². The van der Waals surface area contributed by atoms with Gasteiger partial charge in [-0.3, -0.25) is 4.79 Å². The third-order valence-electron chi connectivity index (χ3n) is 3.35. The van der Waals surface area contributed by atoms with Gasteiger partial charge in [0.15, 0.2) is 0 Å². The summed E-state index contributed by atoms with van der Waals surface area (Å²) < 4.78 is 0. The van der Waals surface area contributed by atoms with Gasteiger partial charge in [0.1, 0.15) is 0 Å². The van der Waals surface area contributed by atoms with E-state index in [0.717, 1.165) is 19.5 Å². The third-order valence-corrected chi connectivity index (χ3v) is 3.35. The molecule has 1 heterocycles. The number of nitrogens with two attached hydrogens (primary N) is 1. The Morgan fingerprint density at radius 2 is 2.12 bits per heavy atom. The highest BCUT2D eigenvalue weighted by molar-refractivity contribution is 5.75. The highest BCUT2D eigenvalue weighted by Crippen LogP contribution is 2.15. The number of carbonyl (C=O) groups is 1. The lowest BCUT2D eigenvalue weighted by Crippen LogP contribution is -2.38. The van der Waals surface area contributed by atoms with Crippen molar-refractivity contribution in [2.75, 3.05) is 32.7 Å². The molecule has 1 saturated heterocycles. The molecule has 0 spiro atoms. The number of amides is 1. The van der Waals surface area contributed by atoms with E-state index in [1.165, 1.54) is 25.9 Å². The first-order valence-corrected chi connectivity index (χ1v) is 6.45. The summed E-state index contributed by atoms with van der Waals surface area (Å²) in [4.78, 5) is 13.9. The lowest BCUT2D eigenvalue weighted by Gasteiger charge is -2.31. The second-order valence-electron chi connectivity index (χ2n) is 4.57. The predicted octanol–water partition coefficient (Wildman–Crippen LogP) is 0.573. The molecule has 1 fully saturated rings. The van der Waals surface area contributed by atoms with Crippen LogP contribution in [0.15, 0.2) is 0 Å². The zero-order valence-electron chi connectivity index (χ0n) is 10.4. The molecule has 1 rings (SSSR count). The normalized spacial score (nSPS) is 18.6. The van der Waals surface area contributed by atoms with Gasteiger partial charge in [0.25, 0.3) is 0 Å². The predicted molar refractivity (Wildman–Crippen MR) is 66.1 cm³/mol. The van der Waals surface area contributed by atoms with Crippen molar-refractivity contribution in [3.05, 3.63) is 0 Å². The Balaban J connectivity index is 2.07. The Morgan fingerprint density at radius 1 is 1.44 bits per heavy atom. The van der Waals surface area contributed by atoms with Gasteiger partial charge >= 0.3 is 0 Å². The average molecular weight is 227 g/mol. The van der Waals surface area contributed by atoms with Crippen LogP contribution in [0, 0.1) is 5.92 Å². The van der Waals surface area contributed by atoms with Crippen LogP contribution in [0.4, 0.5) is 0 Å². The fourth-order valence-corrected chi connectivity index (χ4v) is 2.12. The van der Waals surface area contributed by atoms with E-state index < -0.39 is 0 Å². The minimum absolute atomic E-state index is 0.156. The number of nitrogens with zero attached hydrogens (tertiary/aromatic N) is 1. The highest BCUT2D eigenvalue weighted by Gasteiger charge is 2.18. The van der Waals surface area contributed by atoms with Gasteiger partial charge in [-0.05, 0) is 51.4 Å². The van der Waals surface area contributed by atoms with Gasteiger partial charge in [0.05, 0.1) is 0 Å². The standard InChI is InChI=1S/C12H25N3O/c1-2-15-8-5-11(6-9-15)10-14-12(16)4-3-7-13/h11H,2-10,13H2,1H3,(H,14,16). The largest absolute Gasteiger partial charge is 0.356 e. The van der Waals surface area contributed by atoms with Crippen LogP contribution in [0.25, 0.3) is 0 Å². The topological polar surface area (TPSA) is 58.4 Å². The van der Waals surface area contributed by atoms with Crippen molar-refractivity contribution in [1.29, 1.82) is 0 Å². The van der Waals surface area contributed by atoms with Crippen molar-refractivity contribution in [3.63, 3.8) is 0 Å². The van der Waals surface area contributed by atoms with Crippen LogP contribution in [0.1, 0.15) is 32.6 Å². The summed E-state index contributed by atoms with van der Waals surface area (Å²) in [6.07, 6.45) is 3.79. The van der Waals surface area contributed by atoms with E-state index in [1.807, 2.05) is 0 Å². The van der Waals surface area contributed by atoms with E-state index in [0.29, 0.717) is 18.9 Å². The molecule has 4 heteroatoms. The molecule has 1 aliphatic rings. The monoisotopic (exact) mass is 227 g/mol. The minimum atomic E-state index is 0.156. The van der Waals surface area contributed by atoms with Gasteiger partial charge in [-0.2, -0.15) is 0 Å². The van der Waals surface area contributed by atoms with E-state index in [1.54, 1.807) is 0 Å². The molecule has 0 bridgehead atoms. The smallest absolute Gasteiger partial charge is 0.220 e. The van der Waals surface area contributed by atoms with Crippen molar-refractivity contribution in [3.8, 4) is 0 Å². The summed E-state index contributed by atoms with van der Waals surface area (Å²) in [6.45, 7) is 7.16. The maximum Gasteiger partial charge on any atom is 0.220 e. The average Bonchev–Trinajstić information content (AvgIpc) is 2.34. The van der Waals surface area contributed by atoms with Crippen LogP contribution < -0.4 is 11.1 Å². The number of nitrogens with one attached hydrogen (secondary N) is 1. The molecule has 0 radical (unpaired) electrons. The van der Waals surface area contributed by atoms with E-state index in [4.69, 9.17) is 5.73 Å². The number of rotatable bonds is 6. The first-order valence-electron chi connectivity index (χ1n) is 6.45. The van der Waals surface area contributed by atoms with Crippen molar-refractivity contribution in [2.24, 2.45) is 11.7 Å². The summed E-state index contributed by atoms with van der Waals surface area (Å²) in [6, 6.07) is 0. The molecule has 1 aliphatic heterocycles. The summed E-state index contributed by atoms with van der Waals surface area (Å²) in [5.41, 5.74) is 5.36. The summed E-state index contributed by atoms with van der Waals surface area (Å²) in [5.74, 6) is 0.827. The van der Waals surface area contributed by atoms with Crippen LogP contribution in [-0.4, -0.2) is 43.5 Å². The van der Waals surface area contributed by atoms with Crippen LogP contribution in [0.5, 0.6) is 0 Å². The Kier molecular flexibility index (Phi) is 6.42. The van der Waals surface area contributed by atoms with Crippen molar-refractivity contribution < 1.29 is 4.79 Å². The fourth-order valence-electron chi connectivity index (χ4n) is 2.12. The fraction of sp³-hybridized carbons (Fsp3) is 0.917. The zero-order chi connectivity index (χ0) is 11.8. The Labute approximate surface area is 98.6 Å². The number of piperidine rings is 1. The molecule has 0 saturated carbocycles. The quantitative estimate of drug-likeness (QED) is 0.697. The third kappa shape index (κ3) is 4.94. The lowest BCUT2D eigenvalue weighted by atomic mass is 9.97. The second kappa shape index (κ2) is 7.63. The molecule has 94 valence electrons. The highest BCUT2D eigenvalue weighted by atomic mass is 16.1. The first kappa shape index (κ1) is 13.5. The van der Waals surface area contributed by atoms with E-state index in [2.05, 4.69) is 17.1 Å². The molecule has 0 aromatic heterocycles. The van der Waals surface area contributed by atoms with Crippen LogP contribution in [-0.2, 0) is 4.79 Å². The van der Waals surface area contributed by atoms with Crippen LogP contribution >= 0.6 is 0 Å². The molecule has 0 atom stereocenters. The maximum atomic E-state index is 11.4. The molecule has 0 unspecified atom stereocenters. The maximum absolute atomic E-state index is 11.4. The number of likely N-dealkylation sites (tertiary alicyclic amines) is 1. The molecule has 0 aromatic carbocycles. The van der Waals surface area contributed by atoms with Crippen LogP contribution in [0.2, 0.25) is 0 Å². The zero-order valence-corrected chi connectivity index (χ0v) is 10.4. The molecule has 3 N–H and O–H groups in total. The number of carbonyl (C=O) groups excluding carboxylic acids is 1. The molecule has 4 nitrogen and oxygen atoms in total. The molecule has 0 aliphatic carbocycles. The summed E-state index contributed by atoms with van der Waals surface area (Å²) >= 11 is 0. The van der Waals surface area contributed by atoms with Gasteiger partial charge in [-0.15, -0.1) is 0 Å². The Bertz CT molecular complexity index is 200. The molecular formula is C12H25N3O. The van der Waals surface area contributed by atoms with Crippen molar-refractivity contribution in [1.82, 2.24) is 10.2 Å². The lowest BCUT2D eigenvalue weighted by molar-refractivity contribution is -0.121. The Morgan fingerprint density at radius 3 is 2.69 bits per heavy atom. The van der Waals surface area contributed by atoms with Crippen molar-refractivity contribution >= 4 is 5.91 Å². The number of hydrogen-bond donors (Lipinski definition) is 2. The number of hydrogen-bond acceptors (Lipinski definition) is 3. The molecular weight excluding hydrogens is 202 g/mol. The van der Waals surface area contributed by atoms with Gasteiger partial charge in [-0.1, -0.05) is 6.92 Å². The Hall–Kier alpha value is -0.610.